The maximum atomic E-state index is 13.5. The second-order valence-corrected chi connectivity index (χ2v) is 6.41. The molecule has 3 rings (SSSR count). The molecule has 5 nitrogen and oxygen atoms in total. The van der Waals surface area contributed by atoms with Gasteiger partial charge in [0.15, 0.2) is 11.6 Å². The average molecular weight is 408 g/mol. The van der Waals surface area contributed by atoms with Gasteiger partial charge in [0, 0.05) is 24.4 Å². The van der Waals surface area contributed by atoms with E-state index >= 15 is 0 Å². The number of rotatable bonds is 4. The number of carbonyl (C=O) groups is 1. The van der Waals surface area contributed by atoms with E-state index in [9.17, 15) is 26.7 Å². The number of nitrogens with one attached hydrogen (secondary N) is 1. The molecule has 2 aromatic carbocycles. The van der Waals surface area contributed by atoms with Gasteiger partial charge in [-0.1, -0.05) is 6.92 Å². The van der Waals surface area contributed by atoms with Gasteiger partial charge in [0.05, 0.1) is 40.5 Å². The maximum absolute atomic E-state index is 13.5. The lowest BCUT2D eigenvalue weighted by atomic mass is 10.1. The second-order valence-electron chi connectivity index (χ2n) is 6.41. The highest BCUT2D eigenvalue weighted by Crippen LogP contribution is 2.33. The normalized spacial score (nSPS) is 12.6. The summed E-state index contributed by atoms with van der Waals surface area (Å²) < 4.78 is 67.3. The van der Waals surface area contributed by atoms with Crippen molar-refractivity contribution in [2.45, 2.75) is 19.6 Å². The van der Waals surface area contributed by atoms with Crippen LogP contribution in [0.2, 0.25) is 0 Å². The number of halogens is 5. The first-order valence-electron chi connectivity index (χ1n) is 8.32. The zero-order chi connectivity index (χ0) is 21.3. The summed E-state index contributed by atoms with van der Waals surface area (Å²) in [4.78, 5) is 16.3. The third-order valence-corrected chi connectivity index (χ3v) is 4.29. The van der Waals surface area contributed by atoms with Crippen LogP contribution in [-0.4, -0.2) is 15.5 Å². The third-order valence-electron chi connectivity index (χ3n) is 4.29. The first-order valence-corrected chi connectivity index (χ1v) is 8.32. The largest absolute Gasteiger partial charge is 0.417 e. The topological polar surface area (TPSA) is 70.7 Å². The molecule has 0 spiro atoms. The minimum atomic E-state index is -4.74. The Balaban J connectivity index is 1.78. The van der Waals surface area contributed by atoms with Crippen molar-refractivity contribution < 1.29 is 26.7 Å². The minimum Gasteiger partial charge on any atom is -0.330 e. The fourth-order valence-corrected chi connectivity index (χ4v) is 2.80. The molecule has 0 aliphatic rings. The number of benzene rings is 2. The van der Waals surface area contributed by atoms with Crippen molar-refractivity contribution in [1.29, 1.82) is 5.26 Å². The van der Waals surface area contributed by atoms with Crippen LogP contribution in [-0.2, 0) is 17.5 Å². The summed E-state index contributed by atoms with van der Waals surface area (Å²) >= 11 is 0. The molecule has 0 fully saturated rings. The predicted molar refractivity (Wildman–Crippen MR) is 93.6 cm³/mol. The Hall–Kier alpha value is -3.48. The smallest absolute Gasteiger partial charge is 0.330 e. The molecule has 29 heavy (non-hydrogen) atoms. The molecule has 0 radical (unpaired) electrons. The Kier molecular flexibility index (Phi) is 5.24. The van der Waals surface area contributed by atoms with E-state index in [1.54, 1.807) is 0 Å². The summed E-state index contributed by atoms with van der Waals surface area (Å²) in [5.41, 5.74) is -1.33. The van der Waals surface area contributed by atoms with Gasteiger partial charge in [-0.25, -0.2) is 13.8 Å². The minimum absolute atomic E-state index is 0.0375. The van der Waals surface area contributed by atoms with Crippen LogP contribution in [0.1, 0.15) is 18.1 Å². The first-order chi connectivity index (χ1) is 13.6. The van der Waals surface area contributed by atoms with Crippen molar-refractivity contribution in [3.63, 3.8) is 0 Å². The van der Waals surface area contributed by atoms with Crippen LogP contribution in [0.3, 0.4) is 0 Å². The van der Waals surface area contributed by atoms with Crippen molar-refractivity contribution in [1.82, 2.24) is 9.55 Å². The summed E-state index contributed by atoms with van der Waals surface area (Å²) in [5, 5.41) is 11.2. The lowest BCUT2D eigenvalue weighted by molar-refractivity contribution is -0.137. The molecular weight excluding hydrogens is 395 g/mol. The molecule has 0 aliphatic carbocycles. The number of hydrogen-bond acceptors (Lipinski definition) is 3. The Morgan fingerprint density at radius 3 is 2.59 bits per heavy atom. The van der Waals surface area contributed by atoms with Gasteiger partial charge < -0.3 is 9.88 Å². The summed E-state index contributed by atoms with van der Waals surface area (Å²) in [5.74, 6) is -3.43. The van der Waals surface area contributed by atoms with Gasteiger partial charge in [-0.3, -0.25) is 4.79 Å². The van der Waals surface area contributed by atoms with Crippen LogP contribution in [0.15, 0.2) is 36.7 Å². The quantitative estimate of drug-likeness (QED) is 0.647. The molecule has 1 amide bonds. The molecule has 150 valence electrons. The fourth-order valence-electron chi connectivity index (χ4n) is 2.80. The predicted octanol–water partition coefficient (Wildman–Crippen LogP) is 4.48. The number of alkyl halides is 3. The van der Waals surface area contributed by atoms with E-state index in [4.69, 9.17) is 5.26 Å². The lowest BCUT2D eigenvalue weighted by Gasteiger charge is -2.15. The van der Waals surface area contributed by atoms with Gasteiger partial charge in [-0.15, -0.1) is 0 Å². The van der Waals surface area contributed by atoms with Gasteiger partial charge in [0.2, 0.25) is 5.91 Å². The van der Waals surface area contributed by atoms with Gasteiger partial charge in [0.25, 0.3) is 0 Å². The van der Waals surface area contributed by atoms with Crippen molar-refractivity contribution in [3.05, 3.63) is 59.4 Å². The van der Waals surface area contributed by atoms with Crippen LogP contribution < -0.4 is 5.32 Å². The van der Waals surface area contributed by atoms with Crippen molar-refractivity contribution in [2.75, 3.05) is 5.32 Å². The summed E-state index contributed by atoms with van der Waals surface area (Å²) in [6.45, 7) is 1.56. The highest BCUT2D eigenvalue weighted by Gasteiger charge is 2.34. The average Bonchev–Trinajstić information content (AvgIpc) is 3.02. The van der Waals surface area contributed by atoms with Crippen LogP contribution in [0.4, 0.5) is 27.6 Å². The number of carbonyl (C=O) groups excluding carboxylic acids is 1. The lowest BCUT2D eigenvalue weighted by Crippen LogP contribution is -2.24. The third kappa shape index (κ3) is 4.18. The van der Waals surface area contributed by atoms with E-state index in [0.29, 0.717) is 6.07 Å². The van der Waals surface area contributed by atoms with Crippen LogP contribution >= 0.6 is 0 Å². The van der Waals surface area contributed by atoms with E-state index in [1.807, 2.05) is 0 Å². The van der Waals surface area contributed by atoms with E-state index in [2.05, 4.69) is 10.3 Å². The summed E-state index contributed by atoms with van der Waals surface area (Å²) in [6, 6.07) is 6.21. The molecule has 0 saturated carbocycles. The second kappa shape index (κ2) is 7.50. The van der Waals surface area contributed by atoms with Crippen molar-refractivity contribution >= 4 is 22.6 Å². The van der Waals surface area contributed by atoms with E-state index in [-0.39, 0.29) is 23.3 Å². The van der Waals surface area contributed by atoms with Gasteiger partial charge >= 0.3 is 6.18 Å². The van der Waals surface area contributed by atoms with Crippen LogP contribution in [0.25, 0.3) is 11.0 Å². The van der Waals surface area contributed by atoms with E-state index in [0.717, 1.165) is 18.2 Å². The Morgan fingerprint density at radius 1 is 1.24 bits per heavy atom. The van der Waals surface area contributed by atoms with Gasteiger partial charge in [-0.05, 0) is 18.2 Å². The zero-order valence-electron chi connectivity index (χ0n) is 14.9. The molecule has 1 atom stereocenters. The SMILES string of the molecule is C[C@H](Cn1cnc2cc(F)c(F)cc21)C(=O)Nc1ccc(C#N)c(C(F)(F)F)c1. The number of nitriles is 1. The molecule has 1 aromatic heterocycles. The molecule has 0 saturated heterocycles. The van der Waals surface area contributed by atoms with E-state index < -0.39 is 40.8 Å². The van der Waals surface area contributed by atoms with Gasteiger partial charge in [0.1, 0.15) is 0 Å². The molecule has 0 bridgehead atoms. The van der Waals surface area contributed by atoms with E-state index in [1.165, 1.54) is 30.0 Å². The summed E-state index contributed by atoms with van der Waals surface area (Å²) in [6.07, 6.45) is -3.43. The maximum Gasteiger partial charge on any atom is 0.417 e. The van der Waals surface area contributed by atoms with Crippen molar-refractivity contribution in [3.8, 4) is 6.07 Å². The molecule has 1 heterocycles. The Morgan fingerprint density at radius 2 is 1.93 bits per heavy atom. The number of nitrogens with zero attached hydrogens (tertiary/aromatic N) is 3. The number of hydrogen-bond donors (Lipinski definition) is 1. The molecule has 10 heteroatoms. The molecular formula is C19H13F5N4O. The number of fused-ring (bicyclic) bond motifs is 1. The zero-order valence-corrected chi connectivity index (χ0v) is 14.9. The number of aromatic nitrogens is 2. The monoisotopic (exact) mass is 408 g/mol. The van der Waals surface area contributed by atoms with Crippen LogP contribution in [0, 0.1) is 28.9 Å². The van der Waals surface area contributed by atoms with Gasteiger partial charge in [-0.2, -0.15) is 18.4 Å². The highest BCUT2D eigenvalue weighted by atomic mass is 19.4. The Labute approximate surface area is 161 Å². The van der Waals surface area contributed by atoms with Crippen molar-refractivity contribution in [2.24, 2.45) is 5.92 Å². The number of amides is 1. The molecule has 3 aromatic rings. The number of imidazole rings is 1. The first kappa shape index (κ1) is 20.3. The number of anilines is 1. The fraction of sp³-hybridized carbons (Fsp3) is 0.211. The standard InChI is InChI=1S/C19H13F5N4O/c1-10(8-28-9-26-16-5-14(20)15(21)6-17(16)28)18(29)27-12-3-2-11(7-25)13(4-12)19(22,23)24/h2-6,9-10H,8H2,1H3,(H,27,29)/t10-/m1/s1. The molecule has 1 N–H and O–H groups in total. The molecule has 0 unspecified atom stereocenters. The van der Waals surface area contributed by atoms with Crippen LogP contribution in [0.5, 0.6) is 0 Å². The molecule has 0 aliphatic heterocycles. The highest BCUT2D eigenvalue weighted by molar-refractivity contribution is 5.92. The Bertz CT molecular complexity index is 1130. The summed E-state index contributed by atoms with van der Waals surface area (Å²) in [7, 11) is 0.